The Labute approximate surface area is 123 Å². The fraction of sp³-hybridized carbons (Fsp3) is 0.500. The normalized spacial score (nSPS) is 5.10. The van der Waals surface area contributed by atoms with Gasteiger partial charge in [-0.05, 0) is 0 Å². The molecule has 0 unspecified atom stereocenters. The first-order chi connectivity index (χ1) is 6.81. The van der Waals surface area contributed by atoms with E-state index in [-0.39, 0.29) is 39.3 Å². The minimum absolute atomic E-state index is 0. The molecule has 0 fully saturated rings. The van der Waals surface area contributed by atoms with Gasteiger partial charge in [0.1, 0.15) is 0 Å². The summed E-state index contributed by atoms with van der Waals surface area (Å²) in [5, 5.41) is 26.3. The topological polar surface area (TPSA) is 274 Å². The summed E-state index contributed by atoms with van der Waals surface area (Å²) >= 11 is 0. The number of carbonyl (C=O) groups is 3. The molecule has 122 valence electrons. The van der Waals surface area contributed by atoms with E-state index < -0.39 is 17.9 Å². The van der Waals surface area contributed by atoms with Crippen molar-refractivity contribution in [3.63, 3.8) is 0 Å². The van der Waals surface area contributed by atoms with E-state index in [9.17, 15) is 14.4 Å². The molecule has 0 atom stereocenters. The number of rotatable bonds is 0. The van der Waals surface area contributed by atoms with E-state index in [1.165, 1.54) is 0 Å². The van der Waals surface area contributed by atoms with Crippen molar-refractivity contribution >= 4 is 35.3 Å². The van der Waals surface area contributed by atoms with Crippen molar-refractivity contribution in [1.82, 2.24) is 0 Å². The molecule has 8 N–H and O–H groups in total. The van der Waals surface area contributed by atoms with Gasteiger partial charge in [0, 0.05) is 20.8 Å². The van der Waals surface area contributed by atoms with E-state index in [2.05, 4.69) is 14.7 Å². The van der Waals surface area contributed by atoms with Crippen molar-refractivity contribution in [3.8, 4) is 0 Å². The molecule has 0 radical (unpaired) electrons. The number of carbonyl (C=O) groups excluding carboxylic acids is 3. The van der Waals surface area contributed by atoms with Crippen LogP contribution < -0.4 is 15.8 Å². The van der Waals surface area contributed by atoms with Gasteiger partial charge >= 0.3 is 17.4 Å². The van der Waals surface area contributed by atoms with E-state index in [0.717, 1.165) is 20.8 Å². The Bertz CT molecular complexity index is 162. The third kappa shape index (κ3) is 188. The minimum atomic E-state index is -0.801. The molecule has 0 aromatic carbocycles. The molecule has 0 aliphatic heterocycles. The van der Waals surface area contributed by atoms with Crippen molar-refractivity contribution in [2.45, 2.75) is 20.8 Å². The summed E-state index contributed by atoms with van der Waals surface area (Å²) in [6.45, 7) is 3.15. The van der Waals surface area contributed by atoms with Gasteiger partial charge in [-0.2, -0.15) is 0 Å². The molecule has 0 aliphatic carbocycles. The summed E-state index contributed by atoms with van der Waals surface area (Å²) in [6.07, 6.45) is 0. The molecule has 0 aromatic heterocycles. The van der Waals surface area contributed by atoms with Crippen LogP contribution in [0.3, 0.4) is 0 Å². The second-order valence-electron chi connectivity index (χ2n) is 1.72. The number of hydrogen-bond donors (Lipinski definition) is 0. The Morgan fingerprint density at radius 3 is 0.650 bits per heavy atom. The van der Waals surface area contributed by atoms with Crippen molar-refractivity contribution in [3.05, 3.63) is 0 Å². The summed E-state index contributed by atoms with van der Waals surface area (Å²) in [5.41, 5.74) is 0. The van der Waals surface area contributed by atoms with Crippen LogP contribution in [-0.2, 0) is 29.0 Å². The maximum atomic E-state index is 9.28. The van der Waals surface area contributed by atoms with E-state index in [1.807, 2.05) is 0 Å². The van der Waals surface area contributed by atoms with E-state index >= 15 is 0 Å². The molecule has 0 aromatic rings. The van der Waals surface area contributed by atoms with Gasteiger partial charge in [0.2, 0.25) is 0 Å². The van der Waals surface area contributed by atoms with Gasteiger partial charge in [0.05, 0.1) is 0 Å². The first kappa shape index (κ1) is 51.2. The van der Waals surface area contributed by atoms with Gasteiger partial charge in [-0.25, -0.2) is 0 Å². The molecule has 0 heterocycles. The molecule has 0 saturated carbocycles. The van der Waals surface area contributed by atoms with Crippen molar-refractivity contribution in [2.75, 3.05) is 0 Å². The van der Waals surface area contributed by atoms with E-state index in [0.29, 0.717) is 0 Å². The molecule has 0 saturated heterocycles. The molecule has 0 amide bonds. The second-order valence-corrected chi connectivity index (χ2v) is 1.72. The van der Waals surface area contributed by atoms with Gasteiger partial charge in [-0.1, -0.05) is 0 Å². The zero-order chi connectivity index (χ0) is 12.9. The van der Waals surface area contributed by atoms with E-state index in [4.69, 9.17) is 15.8 Å². The standard InChI is InChI=1S/3C2H4O3.Al.4H2O/c3*1-2(3)5-4;;;;;/h3*4H,1H3;;4*1H2/q;;;+3;;;;/p-3. The second kappa shape index (κ2) is 43.1. The Kier molecular flexibility index (Phi) is 110. The minimum Gasteiger partial charge on any atom is -0.662 e. The first-order valence-electron chi connectivity index (χ1n) is 3.22. The van der Waals surface area contributed by atoms with Crippen molar-refractivity contribution in [1.29, 1.82) is 0 Å². The van der Waals surface area contributed by atoms with Gasteiger partial charge in [-0.3, -0.25) is 14.4 Å². The summed E-state index contributed by atoms with van der Waals surface area (Å²) < 4.78 is 0. The first-order valence-corrected chi connectivity index (χ1v) is 3.22. The van der Waals surface area contributed by atoms with Gasteiger partial charge in [0.25, 0.3) is 17.9 Å². The monoisotopic (exact) mass is 324 g/mol. The third-order valence-electron chi connectivity index (χ3n) is 0.352. The summed E-state index contributed by atoms with van der Waals surface area (Å²) in [4.78, 5) is 36.4. The smallest absolute Gasteiger partial charge is 0.662 e. The maximum Gasteiger partial charge on any atom is 3.00 e. The van der Waals surface area contributed by atoms with Crippen LogP contribution in [-0.4, -0.2) is 57.2 Å². The van der Waals surface area contributed by atoms with Crippen molar-refractivity contribution in [2.24, 2.45) is 0 Å². The van der Waals surface area contributed by atoms with Gasteiger partial charge < -0.3 is 52.3 Å². The summed E-state index contributed by atoms with van der Waals surface area (Å²) in [7, 11) is 0. The molecule has 14 heteroatoms. The van der Waals surface area contributed by atoms with Gasteiger partial charge in [0.15, 0.2) is 0 Å². The van der Waals surface area contributed by atoms with Crippen LogP contribution in [0.15, 0.2) is 0 Å². The molecule has 0 aliphatic rings. The molecule has 0 spiro atoms. The SMILES string of the molecule is CC(=O)O[O-].CC(=O)O[O-].CC(=O)O[O-].O.O.O.O.[Al+3]. The van der Waals surface area contributed by atoms with Crippen LogP contribution in [0.2, 0.25) is 0 Å². The van der Waals surface area contributed by atoms with E-state index in [1.54, 1.807) is 0 Å². The Morgan fingerprint density at radius 2 is 0.650 bits per heavy atom. The zero-order valence-corrected chi connectivity index (χ0v) is 11.9. The Balaban J connectivity index is -0.0000000160. The molecular formula is C6H17AlO13. The summed E-state index contributed by atoms with van der Waals surface area (Å²) in [5.74, 6) is -2.40. The fourth-order valence-corrected chi connectivity index (χ4v) is 0. The third-order valence-corrected chi connectivity index (χ3v) is 0.352. The number of hydrogen-bond acceptors (Lipinski definition) is 9. The Hall–Kier alpha value is -1.34. The predicted octanol–water partition coefficient (Wildman–Crippen LogP) is -7.21. The maximum absolute atomic E-state index is 9.28. The summed E-state index contributed by atoms with van der Waals surface area (Å²) in [6, 6.07) is 0. The Morgan fingerprint density at radius 1 is 0.600 bits per heavy atom. The van der Waals surface area contributed by atoms with Crippen LogP contribution in [0.25, 0.3) is 0 Å². The molecular weight excluding hydrogens is 307 g/mol. The molecule has 0 rings (SSSR count). The average molecular weight is 324 g/mol. The van der Waals surface area contributed by atoms with Crippen LogP contribution in [0.1, 0.15) is 20.8 Å². The van der Waals surface area contributed by atoms with Crippen molar-refractivity contribution < 1.29 is 66.7 Å². The zero-order valence-electron chi connectivity index (χ0n) is 10.8. The molecule has 0 bridgehead atoms. The van der Waals surface area contributed by atoms with Gasteiger partial charge in [-0.15, -0.1) is 0 Å². The quantitative estimate of drug-likeness (QED) is 0.232. The van der Waals surface area contributed by atoms with Crippen LogP contribution in [0.5, 0.6) is 0 Å². The predicted molar refractivity (Wildman–Crippen MR) is 55.5 cm³/mol. The van der Waals surface area contributed by atoms with Crippen LogP contribution >= 0.6 is 0 Å². The largest absolute Gasteiger partial charge is 3.00 e. The van der Waals surface area contributed by atoms with Crippen LogP contribution in [0.4, 0.5) is 0 Å². The van der Waals surface area contributed by atoms with Crippen LogP contribution in [0, 0.1) is 0 Å². The average Bonchev–Trinajstić information content (AvgIpc) is 2.19. The fourth-order valence-electron chi connectivity index (χ4n) is 0. The molecule has 20 heavy (non-hydrogen) atoms. The molecule has 13 nitrogen and oxygen atoms in total.